The number of hydrogen-bond acceptors (Lipinski definition) is 4. The molecule has 1 saturated heterocycles. The summed E-state index contributed by atoms with van der Waals surface area (Å²) < 4.78 is 5.62. The lowest BCUT2D eigenvalue weighted by Gasteiger charge is -2.39. The predicted molar refractivity (Wildman–Crippen MR) is 77.5 cm³/mol. The minimum atomic E-state index is -0.177. The molecule has 0 bridgehead atoms. The molecular weight excluding hydrogens is 256 g/mol. The zero-order chi connectivity index (χ0) is 14.5. The first-order chi connectivity index (χ1) is 9.60. The molecule has 5 heteroatoms. The van der Waals surface area contributed by atoms with Crippen molar-refractivity contribution in [3.63, 3.8) is 0 Å². The first-order valence-corrected chi connectivity index (χ1v) is 7.91. The first kappa shape index (κ1) is 15.7. The Balaban J connectivity index is 1.85. The number of nitrogens with zero attached hydrogens (tertiary/aromatic N) is 1. The monoisotopic (exact) mass is 284 g/mol. The summed E-state index contributed by atoms with van der Waals surface area (Å²) in [5.74, 6) is 0.114. The number of aliphatic hydroxyl groups excluding tert-OH is 1. The highest BCUT2D eigenvalue weighted by atomic mass is 16.5. The van der Waals surface area contributed by atoms with E-state index in [0.29, 0.717) is 12.6 Å². The second kappa shape index (κ2) is 7.38. The molecule has 3 unspecified atom stereocenters. The van der Waals surface area contributed by atoms with Gasteiger partial charge in [0.05, 0.1) is 24.9 Å². The van der Waals surface area contributed by atoms with E-state index in [9.17, 15) is 9.90 Å². The van der Waals surface area contributed by atoms with Crippen LogP contribution >= 0.6 is 0 Å². The van der Waals surface area contributed by atoms with Gasteiger partial charge in [-0.25, -0.2) is 0 Å². The molecule has 2 aliphatic rings. The van der Waals surface area contributed by atoms with Gasteiger partial charge < -0.3 is 15.2 Å². The number of carbonyl (C=O) groups excluding carboxylic acids is 1. The van der Waals surface area contributed by atoms with E-state index in [1.54, 1.807) is 0 Å². The van der Waals surface area contributed by atoms with E-state index in [1.807, 2.05) is 13.8 Å². The summed E-state index contributed by atoms with van der Waals surface area (Å²) in [5, 5.41) is 12.4. The van der Waals surface area contributed by atoms with Gasteiger partial charge in [-0.3, -0.25) is 9.69 Å². The third kappa shape index (κ3) is 4.17. The lowest BCUT2D eigenvalue weighted by molar-refractivity contribution is -0.136. The number of carbonyl (C=O) groups is 1. The smallest absolute Gasteiger partial charge is 0.237 e. The average molecular weight is 284 g/mol. The van der Waals surface area contributed by atoms with Crippen molar-refractivity contribution in [1.82, 2.24) is 10.2 Å². The topological polar surface area (TPSA) is 61.8 Å². The van der Waals surface area contributed by atoms with Gasteiger partial charge in [-0.1, -0.05) is 19.3 Å². The standard InChI is InChI=1S/C15H28N2O3/c1-11-8-17(9-14(10-18)20-11)12(2)15(19)16-13-6-4-3-5-7-13/h11-14,18H,3-10H2,1-2H3,(H,16,19). The fraction of sp³-hybridized carbons (Fsp3) is 0.933. The molecule has 1 saturated carbocycles. The lowest BCUT2D eigenvalue weighted by Crippen LogP contribution is -2.56. The maximum absolute atomic E-state index is 12.4. The summed E-state index contributed by atoms with van der Waals surface area (Å²) in [6.45, 7) is 5.32. The molecule has 0 spiro atoms. The molecule has 0 aromatic rings. The molecule has 0 radical (unpaired) electrons. The number of aliphatic hydroxyl groups is 1. The Morgan fingerprint density at radius 2 is 2.05 bits per heavy atom. The molecule has 116 valence electrons. The molecule has 0 aromatic carbocycles. The molecule has 1 heterocycles. The Labute approximate surface area is 121 Å². The van der Waals surface area contributed by atoms with Crippen LogP contribution in [-0.2, 0) is 9.53 Å². The van der Waals surface area contributed by atoms with Crippen LogP contribution in [0.1, 0.15) is 46.0 Å². The molecule has 1 aliphatic carbocycles. The second-order valence-corrected chi connectivity index (χ2v) is 6.22. The summed E-state index contributed by atoms with van der Waals surface area (Å²) >= 11 is 0. The van der Waals surface area contributed by atoms with Crippen LogP contribution in [0.4, 0.5) is 0 Å². The van der Waals surface area contributed by atoms with Crippen molar-refractivity contribution in [2.45, 2.75) is 70.2 Å². The van der Waals surface area contributed by atoms with Crippen molar-refractivity contribution in [1.29, 1.82) is 0 Å². The Morgan fingerprint density at radius 1 is 1.35 bits per heavy atom. The molecule has 1 amide bonds. The molecule has 3 atom stereocenters. The van der Waals surface area contributed by atoms with Crippen molar-refractivity contribution in [2.24, 2.45) is 0 Å². The van der Waals surface area contributed by atoms with Gasteiger partial charge in [0.1, 0.15) is 0 Å². The lowest BCUT2D eigenvalue weighted by atomic mass is 9.95. The molecule has 20 heavy (non-hydrogen) atoms. The van der Waals surface area contributed by atoms with Crippen molar-refractivity contribution >= 4 is 5.91 Å². The normalized spacial score (nSPS) is 30.9. The van der Waals surface area contributed by atoms with E-state index in [-0.39, 0.29) is 30.8 Å². The number of morpholine rings is 1. The average Bonchev–Trinajstić information content (AvgIpc) is 2.46. The molecule has 2 fully saturated rings. The number of hydrogen-bond donors (Lipinski definition) is 2. The van der Waals surface area contributed by atoms with Crippen LogP contribution < -0.4 is 5.32 Å². The SMILES string of the molecule is CC1CN(C(C)C(=O)NC2CCCCC2)CC(CO)O1. The molecule has 0 aromatic heterocycles. The van der Waals surface area contributed by atoms with Crippen LogP contribution in [-0.4, -0.2) is 59.9 Å². The van der Waals surface area contributed by atoms with Crippen molar-refractivity contribution in [3.05, 3.63) is 0 Å². The Bertz CT molecular complexity index is 318. The van der Waals surface area contributed by atoms with Crippen LogP contribution in [0.2, 0.25) is 0 Å². The van der Waals surface area contributed by atoms with Crippen molar-refractivity contribution in [2.75, 3.05) is 19.7 Å². The number of rotatable bonds is 4. The van der Waals surface area contributed by atoms with E-state index in [1.165, 1.54) is 19.3 Å². The van der Waals surface area contributed by atoms with Crippen molar-refractivity contribution < 1.29 is 14.6 Å². The third-order valence-electron chi connectivity index (χ3n) is 4.44. The Hall–Kier alpha value is -0.650. The highest BCUT2D eigenvalue weighted by Gasteiger charge is 2.31. The third-order valence-corrected chi connectivity index (χ3v) is 4.44. The van der Waals surface area contributed by atoms with Gasteiger partial charge in [0, 0.05) is 19.1 Å². The van der Waals surface area contributed by atoms with Gasteiger partial charge >= 0.3 is 0 Å². The van der Waals surface area contributed by atoms with Crippen LogP contribution in [0, 0.1) is 0 Å². The first-order valence-electron chi connectivity index (χ1n) is 7.91. The van der Waals surface area contributed by atoms with Crippen molar-refractivity contribution in [3.8, 4) is 0 Å². The molecule has 2 rings (SSSR count). The highest BCUT2D eigenvalue weighted by Crippen LogP contribution is 2.18. The van der Waals surface area contributed by atoms with Gasteiger partial charge in [-0.2, -0.15) is 0 Å². The summed E-state index contributed by atoms with van der Waals surface area (Å²) in [6, 6.07) is 0.197. The zero-order valence-electron chi connectivity index (χ0n) is 12.7. The summed E-state index contributed by atoms with van der Waals surface area (Å²) in [7, 11) is 0. The summed E-state index contributed by atoms with van der Waals surface area (Å²) in [6.07, 6.45) is 5.84. The fourth-order valence-electron chi connectivity index (χ4n) is 3.23. The minimum absolute atomic E-state index is 0.0117. The van der Waals surface area contributed by atoms with E-state index in [4.69, 9.17) is 4.74 Å². The Kier molecular flexibility index (Phi) is 5.81. The Morgan fingerprint density at radius 3 is 2.70 bits per heavy atom. The second-order valence-electron chi connectivity index (χ2n) is 6.22. The number of amides is 1. The number of nitrogens with one attached hydrogen (secondary N) is 1. The van der Waals surface area contributed by atoms with Gasteiger partial charge in [0.15, 0.2) is 0 Å². The van der Waals surface area contributed by atoms with Crippen LogP contribution in [0.25, 0.3) is 0 Å². The van der Waals surface area contributed by atoms with Gasteiger partial charge in [0.25, 0.3) is 0 Å². The van der Waals surface area contributed by atoms with Crippen LogP contribution in [0.15, 0.2) is 0 Å². The van der Waals surface area contributed by atoms with Gasteiger partial charge in [-0.15, -0.1) is 0 Å². The molecule has 1 aliphatic heterocycles. The summed E-state index contributed by atoms with van der Waals surface area (Å²) in [5.41, 5.74) is 0. The van der Waals surface area contributed by atoms with E-state index in [0.717, 1.165) is 19.4 Å². The molecular formula is C15H28N2O3. The van der Waals surface area contributed by atoms with E-state index < -0.39 is 0 Å². The van der Waals surface area contributed by atoms with E-state index >= 15 is 0 Å². The predicted octanol–water partition coefficient (Wildman–Crippen LogP) is 0.905. The zero-order valence-corrected chi connectivity index (χ0v) is 12.7. The minimum Gasteiger partial charge on any atom is -0.394 e. The van der Waals surface area contributed by atoms with Gasteiger partial charge in [-0.05, 0) is 26.7 Å². The van der Waals surface area contributed by atoms with Gasteiger partial charge in [0.2, 0.25) is 5.91 Å². The van der Waals surface area contributed by atoms with E-state index in [2.05, 4.69) is 10.2 Å². The fourth-order valence-corrected chi connectivity index (χ4v) is 3.23. The maximum atomic E-state index is 12.4. The van der Waals surface area contributed by atoms with Crippen LogP contribution in [0.3, 0.4) is 0 Å². The molecule has 5 nitrogen and oxygen atoms in total. The summed E-state index contributed by atoms with van der Waals surface area (Å²) in [4.78, 5) is 14.5. The number of ether oxygens (including phenoxy) is 1. The van der Waals surface area contributed by atoms with Crippen LogP contribution in [0.5, 0.6) is 0 Å². The molecule has 2 N–H and O–H groups in total. The maximum Gasteiger partial charge on any atom is 0.237 e. The highest BCUT2D eigenvalue weighted by molar-refractivity contribution is 5.81. The quantitative estimate of drug-likeness (QED) is 0.805. The largest absolute Gasteiger partial charge is 0.394 e.